The quantitative estimate of drug-likeness (QED) is 0.835. The van der Waals surface area contributed by atoms with E-state index in [-0.39, 0.29) is 0 Å². The smallest absolute Gasteiger partial charge is 0.228 e. The van der Waals surface area contributed by atoms with Crippen molar-refractivity contribution in [2.24, 2.45) is 5.41 Å². The lowest BCUT2D eigenvalue weighted by molar-refractivity contribution is -0.139. The Morgan fingerprint density at radius 1 is 1.35 bits per heavy atom. The van der Waals surface area contributed by atoms with Crippen molar-refractivity contribution < 1.29 is 4.79 Å². The van der Waals surface area contributed by atoms with Gasteiger partial charge >= 0.3 is 0 Å². The van der Waals surface area contributed by atoms with Crippen LogP contribution in [0.1, 0.15) is 48.2 Å². The lowest BCUT2D eigenvalue weighted by Gasteiger charge is -2.50. The Bertz CT molecular complexity index is 642. The Kier molecular flexibility index (Phi) is 3.58. The number of aromatic nitrogens is 1. The number of piperidine rings is 1. The molecule has 0 unspecified atom stereocenters. The van der Waals surface area contributed by atoms with E-state index >= 15 is 0 Å². The van der Waals surface area contributed by atoms with Gasteiger partial charge in [0, 0.05) is 35.0 Å². The normalized spacial score (nSPS) is 36.5. The van der Waals surface area contributed by atoms with Crippen molar-refractivity contribution in [1.82, 2.24) is 14.8 Å². The summed E-state index contributed by atoms with van der Waals surface area (Å²) < 4.78 is 0. The van der Waals surface area contributed by atoms with Gasteiger partial charge in [0.2, 0.25) is 5.91 Å². The first-order chi connectivity index (χ1) is 10.9. The van der Waals surface area contributed by atoms with Crippen LogP contribution in [-0.2, 0) is 11.2 Å². The van der Waals surface area contributed by atoms with Crippen molar-refractivity contribution >= 4 is 17.2 Å². The Balaban J connectivity index is 1.59. The summed E-state index contributed by atoms with van der Waals surface area (Å²) in [6, 6.07) is 1.65. The lowest BCUT2D eigenvalue weighted by Crippen LogP contribution is -2.58. The van der Waals surface area contributed by atoms with E-state index in [4.69, 9.17) is 0 Å². The van der Waals surface area contributed by atoms with E-state index in [0.29, 0.717) is 35.9 Å². The maximum Gasteiger partial charge on any atom is 0.228 e. The second-order valence-electron chi connectivity index (χ2n) is 7.96. The third-order valence-electron chi connectivity index (χ3n) is 6.64. The fourth-order valence-corrected chi connectivity index (χ4v) is 6.47. The number of fused-ring (bicyclic) bond motifs is 1. The zero-order valence-corrected chi connectivity index (χ0v) is 15.4. The number of likely N-dealkylation sites (tertiary alicyclic amines) is 2. The predicted molar refractivity (Wildman–Crippen MR) is 92.7 cm³/mol. The molecule has 4 nitrogen and oxygen atoms in total. The molecule has 0 N–H and O–H groups in total. The number of aryl methyl sites for hydroxylation is 2. The number of carbonyl (C=O) groups excluding carboxylic acids is 1. The second kappa shape index (κ2) is 5.28. The van der Waals surface area contributed by atoms with Crippen LogP contribution in [0.4, 0.5) is 0 Å². The summed E-state index contributed by atoms with van der Waals surface area (Å²) in [6.45, 7) is 7.40. The first-order valence-corrected chi connectivity index (χ1v) is 9.66. The van der Waals surface area contributed by atoms with Crippen LogP contribution in [0.3, 0.4) is 0 Å². The van der Waals surface area contributed by atoms with Gasteiger partial charge in [-0.1, -0.05) is 6.92 Å². The minimum absolute atomic E-state index is 0.296. The molecule has 0 spiro atoms. The minimum Gasteiger partial charge on any atom is -0.337 e. The van der Waals surface area contributed by atoms with Gasteiger partial charge < -0.3 is 4.90 Å². The summed E-state index contributed by atoms with van der Waals surface area (Å²) in [5, 5.41) is 1.06. The van der Waals surface area contributed by atoms with Gasteiger partial charge in [-0.25, -0.2) is 4.98 Å². The van der Waals surface area contributed by atoms with Gasteiger partial charge in [0.1, 0.15) is 0 Å². The molecule has 3 fully saturated rings. The van der Waals surface area contributed by atoms with Crippen LogP contribution in [0.25, 0.3) is 0 Å². The molecule has 2 bridgehead atoms. The zero-order valence-electron chi connectivity index (χ0n) is 14.6. The average Bonchev–Trinajstić information content (AvgIpc) is 2.94. The van der Waals surface area contributed by atoms with Crippen LogP contribution in [0.2, 0.25) is 0 Å². The number of hydrogen-bond donors (Lipinski definition) is 0. The van der Waals surface area contributed by atoms with Crippen molar-refractivity contribution in [3.63, 3.8) is 0 Å². The summed E-state index contributed by atoms with van der Waals surface area (Å²) in [4.78, 5) is 23.5. The Morgan fingerprint density at radius 3 is 2.78 bits per heavy atom. The fourth-order valence-electron chi connectivity index (χ4n) is 5.54. The summed E-state index contributed by atoms with van der Waals surface area (Å²) in [5.41, 5.74) is 1.33. The summed E-state index contributed by atoms with van der Waals surface area (Å²) >= 11 is 1.68. The van der Waals surface area contributed by atoms with Crippen LogP contribution in [0.5, 0.6) is 0 Å². The molecule has 126 valence electrons. The van der Waals surface area contributed by atoms with E-state index in [0.717, 1.165) is 22.1 Å². The number of likely N-dealkylation sites (N-methyl/N-ethyl adjacent to an activating group) is 1. The predicted octanol–water partition coefficient (Wildman–Crippen LogP) is 2.78. The summed E-state index contributed by atoms with van der Waals surface area (Å²) in [7, 11) is 2.27. The lowest BCUT2D eigenvalue weighted by atomic mass is 9.66. The van der Waals surface area contributed by atoms with Crippen molar-refractivity contribution in [2.45, 2.75) is 71.0 Å². The van der Waals surface area contributed by atoms with Crippen molar-refractivity contribution in [3.8, 4) is 0 Å². The molecule has 1 aromatic heterocycles. The Hall–Kier alpha value is -0.940. The summed E-state index contributed by atoms with van der Waals surface area (Å²) in [5.74, 6) is 0.314. The zero-order chi connectivity index (χ0) is 16.4. The number of amides is 1. The van der Waals surface area contributed by atoms with Gasteiger partial charge in [0.15, 0.2) is 0 Å². The molecular formula is C18H27N3OS. The Morgan fingerprint density at radius 2 is 2.09 bits per heavy atom. The molecule has 0 radical (unpaired) electrons. The minimum atomic E-state index is 0.296. The number of carbonyl (C=O) groups is 1. The highest BCUT2D eigenvalue weighted by Gasteiger charge is 2.59. The van der Waals surface area contributed by atoms with E-state index in [2.05, 4.69) is 28.8 Å². The highest BCUT2D eigenvalue weighted by atomic mass is 32.1. The molecule has 2 aliphatic heterocycles. The molecule has 1 amide bonds. The van der Waals surface area contributed by atoms with Crippen LogP contribution in [-0.4, -0.2) is 52.4 Å². The van der Waals surface area contributed by atoms with Crippen molar-refractivity contribution in [3.05, 3.63) is 15.6 Å². The molecule has 5 heteroatoms. The monoisotopic (exact) mass is 333 g/mol. The van der Waals surface area contributed by atoms with Crippen LogP contribution < -0.4 is 0 Å². The molecule has 1 saturated carbocycles. The van der Waals surface area contributed by atoms with Gasteiger partial charge in [-0.05, 0) is 46.6 Å². The first-order valence-electron chi connectivity index (χ1n) is 8.84. The maximum absolute atomic E-state index is 13.1. The fraction of sp³-hybridized carbons (Fsp3) is 0.778. The van der Waals surface area contributed by atoms with E-state index in [1.165, 1.54) is 25.7 Å². The topological polar surface area (TPSA) is 36.4 Å². The Labute approximate surface area is 142 Å². The van der Waals surface area contributed by atoms with Gasteiger partial charge in [-0.15, -0.1) is 11.3 Å². The largest absolute Gasteiger partial charge is 0.337 e. The molecule has 3 aliphatic rings. The molecule has 23 heavy (non-hydrogen) atoms. The maximum atomic E-state index is 13.1. The molecule has 1 aliphatic carbocycles. The van der Waals surface area contributed by atoms with Gasteiger partial charge in [-0.3, -0.25) is 9.69 Å². The molecule has 3 heterocycles. The van der Waals surface area contributed by atoms with Crippen molar-refractivity contribution in [2.75, 3.05) is 13.6 Å². The molecule has 4 atom stereocenters. The molecule has 1 aromatic rings. The van der Waals surface area contributed by atoms with E-state index in [1.807, 2.05) is 13.8 Å². The van der Waals surface area contributed by atoms with Gasteiger partial charge in [-0.2, -0.15) is 0 Å². The van der Waals surface area contributed by atoms with E-state index < -0.39 is 0 Å². The van der Waals surface area contributed by atoms with Crippen LogP contribution in [0.15, 0.2) is 0 Å². The first kappa shape index (κ1) is 15.6. The average molecular weight is 334 g/mol. The third-order valence-corrected chi connectivity index (χ3v) is 7.71. The SMILES string of the molecule is Cc1nc(C)c(CC(=O)N2C[C@@H]3C[C@@]4(C)[C@H](CCC[C@@H]24)N3C)s1. The van der Waals surface area contributed by atoms with Gasteiger partial charge in [0.25, 0.3) is 0 Å². The molecule has 4 rings (SSSR count). The number of nitrogens with zero attached hydrogens (tertiary/aromatic N) is 3. The summed E-state index contributed by atoms with van der Waals surface area (Å²) in [6.07, 6.45) is 5.53. The molecule has 2 saturated heterocycles. The highest BCUT2D eigenvalue weighted by molar-refractivity contribution is 7.11. The van der Waals surface area contributed by atoms with Crippen molar-refractivity contribution in [1.29, 1.82) is 0 Å². The molecule has 0 aromatic carbocycles. The van der Waals surface area contributed by atoms with E-state index in [9.17, 15) is 4.79 Å². The highest BCUT2D eigenvalue weighted by Crippen LogP contribution is 2.53. The van der Waals surface area contributed by atoms with E-state index in [1.54, 1.807) is 11.3 Å². The third kappa shape index (κ3) is 2.27. The number of thiazole rings is 1. The number of rotatable bonds is 2. The molecular weight excluding hydrogens is 306 g/mol. The van der Waals surface area contributed by atoms with Gasteiger partial charge in [0.05, 0.1) is 17.1 Å². The van der Waals surface area contributed by atoms with Crippen LogP contribution in [0, 0.1) is 19.3 Å². The second-order valence-corrected chi connectivity index (χ2v) is 9.24. The number of hydrogen-bond acceptors (Lipinski definition) is 4. The van der Waals surface area contributed by atoms with Crippen LogP contribution >= 0.6 is 11.3 Å². The standard InChI is InChI=1S/C18H27N3OS/c1-11-14(23-12(2)19-11)8-17(22)21-10-13-9-18(3)15(20(13)4)6-5-7-16(18)21/h13,15-16H,5-10H2,1-4H3/t13-,15-,16+,18-/m0/s1.